The maximum Gasteiger partial charge on any atom is 0.214 e. The van der Waals surface area contributed by atoms with Gasteiger partial charge in [0.15, 0.2) is 0 Å². The molecule has 0 aromatic heterocycles. The monoisotopic (exact) mass is 494 g/mol. The molecule has 1 aromatic rings. The molecule has 1 atom stereocenters. The largest absolute Gasteiger partial charge is 0.387 e. The first-order valence-corrected chi connectivity index (χ1v) is 11.9. The first-order valence-electron chi connectivity index (χ1n) is 9.24. The van der Waals surface area contributed by atoms with Crippen LogP contribution in [0.2, 0.25) is 0 Å². The van der Waals surface area contributed by atoms with Gasteiger partial charge in [0.2, 0.25) is 10.0 Å². The molecule has 0 saturated heterocycles. The SMILES string of the molecule is CNS(=O)(=O)C1CCC(CC(C)(C)NC[C@H](O)c2cccc(I)c2)CC1. The van der Waals surface area contributed by atoms with E-state index in [2.05, 4.69) is 46.5 Å². The van der Waals surface area contributed by atoms with Gasteiger partial charge in [-0.1, -0.05) is 12.1 Å². The third kappa shape index (κ3) is 6.44. The van der Waals surface area contributed by atoms with Crippen molar-refractivity contribution in [3.05, 3.63) is 33.4 Å². The van der Waals surface area contributed by atoms with Crippen molar-refractivity contribution in [3.8, 4) is 0 Å². The molecule has 3 N–H and O–H groups in total. The van der Waals surface area contributed by atoms with Crippen LogP contribution < -0.4 is 10.0 Å². The first-order chi connectivity index (χ1) is 12.1. The molecular weight excluding hydrogens is 463 g/mol. The van der Waals surface area contributed by atoms with Crippen molar-refractivity contribution in [2.45, 2.75) is 62.8 Å². The number of sulfonamides is 1. The predicted octanol–water partition coefficient (Wildman–Crippen LogP) is 3.19. The zero-order chi connectivity index (χ0) is 19.4. The van der Waals surface area contributed by atoms with E-state index >= 15 is 0 Å². The van der Waals surface area contributed by atoms with E-state index in [4.69, 9.17) is 0 Å². The summed E-state index contributed by atoms with van der Waals surface area (Å²) in [5.41, 5.74) is 0.834. The van der Waals surface area contributed by atoms with Gasteiger partial charge in [-0.2, -0.15) is 0 Å². The molecule has 1 saturated carbocycles. The number of aliphatic hydroxyl groups excluding tert-OH is 1. The number of hydrogen-bond acceptors (Lipinski definition) is 4. The molecule has 7 heteroatoms. The van der Waals surface area contributed by atoms with Crippen molar-refractivity contribution >= 4 is 32.6 Å². The predicted molar refractivity (Wildman–Crippen MR) is 115 cm³/mol. The second-order valence-electron chi connectivity index (χ2n) is 7.93. The average molecular weight is 494 g/mol. The standard InChI is InChI=1S/C19H31IN2O3S/c1-19(2,22-13-18(23)15-5-4-6-16(20)11-15)12-14-7-9-17(10-8-14)26(24,25)21-3/h4-6,11,14,17-18,21-23H,7-10,12-13H2,1-3H3/t14?,17?,18-/m0/s1. The third-order valence-electron chi connectivity index (χ3n) is 5.32. The summed E-state index contributed by atoms with van der Waals surface area (Å²) < 4.78 is 27.4. The zero-order valence-electron chi connectivity index (χ0n) is 15.8. The fraction of sp³-hybridized carbons (Fsp3) is 0.684. The van der Waals surface area contributed by atoms with E-state index in [-0.39, 0.29) is 10.8 Å². The first kappa shape index (κ1) is 22.1. The van der Waals surface area contributed by atoms with Crippen LogP contribution >= 0.6 is 22.6 Å². The summed E-state index contributed by atoms with van der Waals surface area (Å²) in [5, 5.41) is 13.7. The molecule has 5 nitrogen and oxygen atoms in total. The van der Waals surface area contributed by atoms with Crippen molar-refractivity contribution < 1.29 is 13.5 Å². The minimum Gasteiger partial charge on any atom is -0.387 e. The summed E-state index contributed by atoms with van der Waals surface area (Å²) in [5.74, 6) is 0.524. The van der Waals surface area contributed by atoms with Crippen LogP contribution in [-0.2, 0) is 10.0 Å². The molecule has 2 rings (SSSR count). The number of hydrogen-bond donors (Lipinski definition) is 3. The van der Waals surface area contributed by atoms with Gasteiger partial charge >= 0.3 is 0 Å². The molecule has 0 aliphatic heterocycles. The Bertz CT molecular complexity index is 686. The molecule has 0 amide bonds. The molecule has 0 heterocycles. The fourth-order valence-electron chi connectivity index (χ4n) is 3.81. The van der Waals surface area contributed by atoms with Crippen molar-refractivity contribution in [2.75, 3.05) is 13.6 Å². The Hall–Kier alpha value is -0.220. The molecule has 148 valence electrons. The minimum atomic E-state index is -3.14. The molecular formula is C19H31IN2O3S. The van der Waals surface area contributed by atoms with E-state index in [0.29, 0.717) is 12.5 Å². The fourth-order valence-corrected chi connectivity index (χ4v) is 5.60. The Morgan fingerprint density at radius 3 is 2.50 bits per heavy atom. The van der Waals surface area contributed by atoms with Gasteiger partial charge < -0.3 is 10.4 Å². The summed E-state index contributed by atoms with van der Waals surface area (Å²) in [6.07, 6.45) is 3.80. The van der Waals surface area contributed by atoms with Crippen molar-refractivity contribution in [1.29, 1.82) is 0 Å². The van der Waals surface area contributed by atoms with Crippen LogP contribution in [0.3, 0.4) is 0 Å². The lowest BCUT2D eigenvalue weighted by Gasteiger charge is -2.35. The van der Waals surface area contributed by atoms with Crippen molar-refractivity contribution in [1.82, 2.24) is 10.0 Å². The highest BCUT2D eigenvalue weighted by atomic mass is 127. The summed E-state index contributed by atoms with van der Waals surface area (Å²) in [6.45, 7) is 4.83. The molecule has 0 radical (unpaired) electrons. The van der Waals surface area contributed by atoms with E-state index in [1.54, 1.807) is 0 Å². The van der Waals surface area contributed by atoms with E-state index in [0.717, 1.165) is 41.2 Å². The Balaban J connectivity index is 1.82. The molecule has 26 heavy (non-hydrogen) atoms. The van der Waals surface area contributed by atoms with Crippen LogP contribution in [0.25, 0.3) is 0 Å². The third-order valence-corrected chi connectivity index (χ3v) is 7.91. The lowest BCUT2D eigenvalue weighted by Crippen LogP contribution is -2.44. The van der Waals surface area contributed by atoms with Gasteiger partial charge in [0.25, 0.3) is 0 Å². The number of halogens is 1. The maximum absolute atomic E-state index is 11.9. The van der Waals surface area contributed by atoms with Gasteiger partial charge in [-0.25, -0.2) is 13.1 Å². The van der Waals surface area contributed by atoms with Gasteiger partial charge in [0, 0.05) is 15.7 Å². The van der Waals surface area contributed by atoms with Gasteiger partial charge in [-0.3, -0.25) is 0 Å². The van der Waals surface area contributed by atoms with Crippen molar-refractivity contribution in [3.63, 3.8) is 0 Å². The lowest BCUT2D eigenvalue weighted by molar-refractivity contribution is 0.151. The van der Waals surface area contributed by atoms with E-state index in [9.17, 15) is 13.5 Å². The second-order valence-corrected chi connectivity index (χ2v) is 11.3. The topological polar surface area (TPSA) is 78.4 Å². The van der Waals surface area contributed by atoms with E-state index < -0.39 is 16.1 Å². The summed E-state index contributed by atoms with van der Waals surface area (Å²) in [7, 11) is -1.65. The number of β-amino-alcohol motifs (C(OH)–C–C–N with tert-alkyl or cyclic N) is 1. The van der Waals surface area contributed by atoms with Crippen LogP contribution in [0, 0.1) is 9.49 Å². The van der Waals surface area contributed by atoms with Gasteiger partial charge in [-0.05, 0) is 99.2 Å². The van der Waals surface area contributed by atoms with Crippen LogP contribution in [0.15, 0.2) is 24.3 Å². The Morgan fingerprint density at radius 1 is 1.27 bits per heavy atom. The molecule has 0 bridgehead atoms. The summed E-state index contributed by atoms with van der Waals surface area (Å²) in [4.78, 5) is 0. The molecule has 1 aliphatic rings. The Labute approximate surface area is 171 Å². The highest BCUT2D eigenvalue weighted by molar-refractivity contribution is 14.1. The molecule has 0 spiro atoms. The Morgan fingerprint density at radius 2 is 1.92 bits per heavy atom. The van der Waals surface area contributed by atoms with E-state index in [1.807, 2.05) is 24.3 Å². The summed E-state index contributed by atoms with van der Waals surface area (Å²) in [6, 6.07) is 7.93. The second kappa shape index (κ2) is 9.32. The smallest absolute Gasteiger partial charge is 0.214 e. The quantitative estimate of drug-likeness (QED) is 0.486. The summed E-state index contributed by atoms with van der Waals surface area (Å²) >= 11 is 2.25. The van der Waals surface area contributed by atoms with Crippen LogP contribution in [0.4, 0.5) is 0 Å². The highest BCUT2D eigenvalue weighted by Crippen LogP contribution is 2.33. The molecule has 0 unspecified atom stereocenters. The lowest BCUT2D eigenvalue weighted by atomic mass is 9.80. The molecule has 1 aromatic carbocycles. The van der Waals surface area contributed by atoms with Gasteiger partial charge in [0.1, 0.15) is 0 Å². The number of aliphatic hydroxyl groups is 1. The number of nitrogens with one attached hydrogen (secondary N) is 2. The molecule has 1 aliphatic carbocycles. The normalized spacial score (nSPS) is 23.0. The van der Waals surface area contributed by atoms with E-state index in [1.165, 1.54) is 7.05 Å². The molecule has 1 fully saturated rings. The Kier molecular flexibility index (Phi) is 7.91. The van der Waals surface area contributed by atoms with Crippen LogP contribution in [-0.4, -0.2) is 37.9 Å². The number of benzene rings is 1. The zero-order valence-corrected chi connectivity index (χ0v) is 18.8. The van der Waals surface area contributed by atoms with Crippen LogP contribution in [0.1, 0.15) is 57.6 Å². The van der Waals surface area contributed by atoms with Crippen LogP contribution in [0.5, 0.6) is 0 Å². The average Bonchev–Trinajstić information content (AvgIpc) is 2.60. The van der Waals surface area contributed by atoms with Gasteiger partial charge in [-0.15, -0.1) is 0 Å². The highest BCUT2D eigenvalue weighted by Gasteiger charge is 2.32. The van der Waals surface area contributed by atoms with Gasteiger partial charge in [0.05, 0.1) is 11.4 Å². The minimum absolute atomic E-state index is 0.0949. The van der Waals surface area contributed by atoms with Crippen molar-refractivity contribution in [2.24, 2.45) is 5.92 Å². The number of rotatable bonds is 8. The maximum atomic E-state index is 11.9.